The van der Waals surface area contributed by atoms with E-state index in [0.717, 1.165) is 35.1 Å². The molecule has 0 fully saturated rings. The number of rotatable bonds is 5. The molecule has 0 saturated carbocycles. The quantitative estimate of drug-likeness (QED) is 0.832. The van der Waals surface area contributed by atoms with Gasteiger partial charge in [0.1, 0.15) is 11.3 Å². The predicted octanol–water partition coefficient (Wildman–Crippen LogP) is 3.53. The van der Waals surface area contributed by atoms with Crippen LogP contribution in [0.1, 0.15) is 31.6 Å². The first-order valence-electron chi connectivity index (χ1n) is 6.72. The molecule has 2 aromatic rings. The van der Waals surface area contributed by atoms with Crippen molar-refractivity contribution in [2.24, 2.45) is 0 Å². The Balaban J connectivity index is 2.28. The molecule has 0 unspecified atom stereocenters. The molecule has 1 N–H and O–H groups in total. The average Bonchev–Trinajstić information content (AvgIpc) is 2.80. The van der Waals surface area contributed by atoms with Gasteiger partial charge in [-0.15, -0.1) is 0 Å². The van der Waals surface area contributed by atoms with Crippen molar-refractivity contribution >= 4 is 23.0 Å². The highest BCUT2D eigenvalue weighted by molar-refractivity contribution is 5.96. The second kappa shape index (κ2) is 6.23. The fourth-order valence-electron chi connectivity index (χ4n) is 2.03. The average molecular weight is 257 g/mol. The third kappa shape index (κ3) is 3.05. The summed E-state index contributed by atoms with van der Waals surface area (Å²) in [5, 5.41) is 3.88. The Morgan fingerprint density at radius 1 is 1.32 bits per heavy atom. The van der Waals surface area contributed by atoms with Gasteiger partial charge < -0.3 is 9.73 Å². The Morgan fingerprint density at radius 2 is 2.11 bits per heavy atom. The van der Waals surface area contributed by atoms with Crippen molar-refractivity contribution in [3.05, 3.63) is 41.7 Å². The van der Waals surface area contributed by atoms with Crippen LogP contribution in [0, 0.1) is 0 Å². The first kappa shape index (κ1) is 13.4. The SMILES string of the molecule is CCCNC(=O)/C=C/c1c(CC)oc2ccccc12. The van der Waals surface area contributed by atoms with Crippen LogP contribution < -0.4 is 5.32 Å². The van der Waals surface area contributed by atoms with E-state index in [-0.39, 0.29) is 5.91 Å². The van der Waals surface area contributed by atoms with Crippen LogP contribution in [0.4, 0.5) is 0 Å². The smallest absolute Gasteiger partial charge is 0.244 e. The van der Waals surface area contributed by atoms with Crippen LogP contribution in [0.3, 0.4) is 0 Å². The van der Waals surface area contributed by atoms with Gasteiger partial charge in [0.15, 0.2) is 0 Å². The topological polar surface area (TPSA) is 42.2 Å². The molecule has 0 aliphatic rings. The lowest BCUT2D eigenvalue weighted by molar-refractivity contribution is -0.116. The lowest BCUT2D eigenvalue weighted by Crippen LogP contribution is -2.21. The fraction of sp³-hybridized carbons (Fsp3) is 0.312. The number of hydrogen-bond acceptors (Lipinski definition) is 2. The van der Waals surface area contributed by atoms with Crippen LogP contribution in [-0.2, 0) is 11.2 Å². The van der Waals surface area contributed by atoms with Gasteiger partial charge in [-0.2, -0.15) is 0 Å². The third-order valence-electron chi connectivity index (χ3n) is 2.98. The summed E-state index contributed by atoms with van der Waals surface area (Å²) in [5.74, 6) is 0.856. The number of para-hydroxylation sites is 1. The number of furan rings is 1. The molecule has 0 bridgehead atoms. The number of amides is 1. The second-order valence-electron chi connectivity index (χ2n) is 4.41. The van der Waals surface area contributed by atoms with Crippen molar-refractivity contribution in [2.75, 3.05) is 6.54 Å². The Morgan fingerprint density at radius 3 is 2.84 bits per heavy atom. The monoisotopic (exact) mass is 257 g/mol. The number of aryl methyl sites for hydroxylation is 1. The van der Waals surface area contributed by atoms with Gasteiger partial charge >= 0.3 is 0 Å². The van der Waals surface area contributed by atoms with Crippen LogP contribution in [0.15, 0.2) is 34.8 Å². The second-order valence-corrected chi connectivity index (χ2v) is 4.41. The van der Waals surface area contributed by atoms with Crippen molar-refractivity contribution < 1.29 is 9.21 Å². The summed E-state index contributed by atoms with van der Waals surface area (Å²) in [5.41, 5.74) is 1.87. The Hall–Kier alpha value is -2.03. The largest absolute Gasteiger partial charge is 0.460 e. The summed E-state index contributed by atoms with van der Waals surface area (Å²) in [4.78, 5) is 11.6. The molecule has 1 aromatic heterocycles. The molecular formula is C16H19NO2. The lowest BCUT2D eigenvalue weighted by atomic mass is 10.1. The van der Waals surface area contributed by atoms with Gasteiger partial charge in [-0.1, -0.05) is 32.0 Å². The minimum atomic E-state index is -0.0609. The summed E-state index contributed by atoms with van der Waals surface area (Å²) in [6.45, 7) is 4.78. The maximum absolute atomic E-state index is 11.6. The maximum Gasteiger partial charge on any atom is 0.244 e. The zero-order valence-corrected chi connectivity index (χ0v) is 11.4. The van der Waals surface area contributed by atoms with Crippen molar-refractivity contribution in [3.8, 4) is 0 Å². The molecule has 0 aliphatic carbocycles. The van der Waals surface area contributed by atoms with E-state index in [1.54, 1.807) is 6.08 Å². The highest BCUT2D eigenvalue weighted by atomic mass is 16.3. The first-order chi connectivity index (χ1) is 9.26. The van der Waals surface area contributed by atoms with Crippen LogP contribution in [0.2, 0.25) is 0 Å². The molecular weight excluding hydrogens is 238 g/mol. The van der Waals surface area contributed by atoms with Gasteiger partial charge in [-0.05, 0) is 18.6 Å². The summed E-state index contributed by atoms with van der Waals surface area (Å²) in [7, 11) is 0. The Bertz CT molecular complexity index is 596. The molecule has 0 radical (unpaired) electrons. The summed E-state index contributed by atoms with van der Waals surface area (Å²) < 4.78 is 5.78. The third-order valence-corrected chi connectivity index (χ3v) is 2.98. The standard InChI is InChI=1S/C16H19NO2/c1-3-11-17-16(18)10-9-13-12-7-5-6-8-15(12)19-14(13)4-2/h5-10H,3-4,11H2,1-2H3,(H,17,18)/b10-9+. The van der Waals surface area contributed by atoms with Crippen molar-refractivity contribution in [2.45, 2.75) is 26.7 Å². The van der Waals surface area contributed by atoms with E-state index >= 15 is 0 Å². The minimum absolute atomic E-state index is 0.0609. The summed E-state index contributed by atoms with van der Waals surface area (Å²) >= 11 is 0. The molecule has 3 nitrogen and oxygen atoms in total. The lowest BCUT2D eigenvalue weighted by Gasteiger charge is -1.98. The summed E-state index contributed by atoms with van der Waals surface area (Å²) in [6, 6.07) is 7.89. The first-order valence-corrected chi connectivity index (χ1v) is 6.72. The molecule has 1 aromatic carbocycles. The van der Waals surface area contributed by atoms with E-state index in [1.807, 2.05) is 44.2 Å². The van der Waals surface area contributed by atoms with Crippen molar-refractivity contribution in [3.63, 3.8) is 0 Å². The van der Waals surface area contributed by atoms with E-state index in [2.05, 4.69) is 5.32 Å². The van der Waals surface area contributed by atoms with Gasteiger partial charge in [0.05, 0.1) is 0 Å². The fourth-order valence-corrected chi connectivity index (χ4v) is 2.03. The zero-order chi connectivity index (χ0) is 13.7. The van der Waals surface area contributed by atoms with E-state index in [1.165, 1.54) is 0 Å². The number of hydrogen-bond donors (Lipinski definition) is 1. The van der Waals surface area contributed by atoms with E-state index in [0.29, 0.717) is 6.54 Å². The zero-order valence-electron chi connectivity index (χ0n) is 11.4. The van der Waals surface area contributed by atoms with Crippen LogP contribution >= 0.6 is 0 Å². The van der Waals surface area contributed by atoms with Gasteiger partial charge in [-0.3, -0.25) is 4.79 Å². The molecule has 0 atom stereocenters. The number of nitrogens with one attached hydrogen (secondary N) is 1. The highest BCUT2D eigenvalue weighted by Gasteiger charge is 2.09. The van der Waals surface area contributed by atoms with E-state index in [9.17, 15) is 4.79 Å². The maximum atomic E-state index is 11.6. The number of fused-ring (bicyclic) bond motifs is 1. The molecule has 0 aliphatic heterocycles. The molecule has 3 heteroatoms. The van der Waals surface area contributed by atoms with Gasteiger partial charge in [0.2, 0.25) is 5.91 Å². The molecule has 0 spiro atoms. The Kier molecular flexibility index (Phi) is 4.39. The van der Waals surface area contributed by atoms with Crippen molar-refractivity contribution in [1.82, 2.24) is 5.32 Å². The number of carbonyl (C=O) groups is 1. The van der Waals surface area contributed by atoms with E-state index < -0.39 is 0 Å². The Labute approximate surface area is 113 Å². The number of benzene rings is 1. The van der Waals surface area contributed by atoms with Crippen LogP contribution in [0.25, 0.3) is 17.0 Å². The summed E-state index contributed by atoms with van der Waals surface area (Å²) in [6.07, 6.45) is 5.17. The normalized spacial score (nSPS) is 11.3. The number of carbonyl (C=O) groups excluding carboxylic acids is 1. The van der Waals surface area contributed by atoms with Crippen molar-refractivity contribution in [1.29, 1.82) is 0 Å². The molecule has 1 amide bonds. The van der Waals surface area contributed by atoms with Crippen LogP contribution in [-0.4, -0.2) is 12.5 Å². The minimum Gasteiger partial charge on any atom is -0.460 e. The highest BCUT2D eigenvalue weighted by Crippen LogP contribution is 2.27. The molecule has 2 rings (SSSR count). The molecule has 1 heterocycles. The molecule has 19 heavy (non-hydrogen) atoms. The van der Waals surface area contributed by atoms with E-state index in [4.69, 9.17) is 4.42 Å². The predicted molar refractivity (Wildman–Crippen MR) is 77.9 cm³/mol. The van der Waals surface area contributed by atoms with Crippen LogP contribution in [0.5, 0.6) is 0 Å². The molecule has 0 saturated heterocycles. The van der Waals surface area contributed by atoms with Gasteiger partial charge in [0.25, 0.3) is 0 Å². The van der Waals surface area contributed by atoms with Gasteiger partial charge in [-0.25, -0.2) is 0 Å². The van der Waals surface area contributed by atoms with Gasteiger partial charge in [0, 0.05) is 30.0 Å². The molecule has 100 valence electrons.